The van der Waals surface area contributed by atoms with Crippen LogP contribution in [0.4, 0.5) is 0 Å². The normalized spacial score (nSPS) is 12.7. The molecule has 0 radical (unpaired) electrons. The molecule has 2 rings (SSSR count). The molecule has 0 amide bonds. The summed E-state index contributed by atoms with van der Waals surface area (Å²) in [4.78, 5) is 3.54. The first-order valence-electron chi connectivity index (χ1n) is 4.54. The summed E-state index contributed by atoms with van der Waals surface area (Å²) >= 11 is 9.78. The first kappa shape index (κ1) is 11.0. The lowest BCUT2D eigenvalue weighted by molar-refractivity contribution is 0.413. The van der Waals surface area contributed by atoms with Crippen molar-refractivity contribution in [1.29, 1.82) is 0 Å². The van der Waals surface area contributed by atoms with E-state index >= 15 is 0 Å². The van der Waals surface area contributed by atoms with Gasteiger partial charge in [-0.05, 0) is 30.5 Å². The van der Waals surface area contributed by atoms with Crippen LogP contribution in [-0.4, -0.2) is 7.11 Å². The average molecular weight is 259 g/mol. The fourth-order valence-corrected chi connectivity index (χ4v) is 3.64. The molecule has 0 spiro atoms. The first-order chi connectivity index (χ1) is 7.22. The molecule has 0 aliphatic rings. The van der Waals surface area contributed by atoms with E-state index in [1.165, 1.54) is 9.75 Å². The number of hydrogen-bond donors (Lipinski definition) is 0. The van der Waals surface area contributed by atoms with Crippen molar-refractivity contribution in [2.24, 2.45) is 0 Å². The van der Waals surface area contributed by atoms with Crippen LogP contribution in [0.15, 0.2) is 23.6 Å². The van der Waals surface area contributed by atoms with Crippen molar-refractivity contribution >= 4 is 34.3 Å². The van der Waals surface area contributed by atoms with Crippen LogP contribution in [0.5, 0.6) is 5.75 Å². The van der Waals surface area contributed by atoms with Gasteiger partial charge in [-0.1, -0.05) is 0 Å². The van der Waals surface area contributed by atoms with Crippen molar-refractivity contribution < 1.29 is 4.74 Å². The topological polar surface area (TPSA) is 9.23 Å². The quantitative estimate of drug-likeness (QED) is 0.739. The van der Waals surface area contributed by atoms with E-state index in [0.29, 0.717) is 0 Å². The third-order valence-corrected chi connectivity index (χ3v) is 4.86. The number of rotatable bonds is 3. The second kappa shape index (κ2) is 4.56. The summed E-state index contributed by atoms with van der Waals surface area (Å²) < 4.78 is 5.27. The van der Waals surface area contributed by atoms with Crippen molar-refractivity contribution in [1.82, 2.24) is 0 Å². The molecule has 0 aromatic carbocycles. The fraction of sp³-hybridized carbons (Fsp3) is 0.273. The predicted molar refractivity (Wildman–Crippen MR) is 67.6 cm³/mol. The summed E-state index contributed by atoms with van der Waals surface area (Å²) in [5, 5.41) is 1.92. The molecule has 2 aromatic heterocycles. The molecule has 4 heteroatoms. The smallest absolute Gasteiger partial charge is 0.134 e. The van der Waals surface area contributed by atoms with E-state index in [4.69, 9.17) is 16.3 Å². The zero-order chi connectivity index (χ0) is 10.8. The Morgan fingerprint density at radius 3 is 2.73 bits per heavy atom. The van der Waals surface area contributed by atoms with Crippen LogP contribution in [0.3, 0.4) is 0 Å². The van der Waals surface area contributed by atoms with Crippen LogP contribution in [0.1, 0.15) is 20.0 Å². The van der Waals surface area contributed by atoms with E-state index in [9.17, 15) is 0 Å². The molecule has 80 valence electrons. The molecule has 0 aliphatic heterocycles. The highest BCUT2D eigenvalue weighted by Gasteiger charge is 2.18. The maximum absolute atomic E-state index is 6.41. The Kier molecular flexibility index (Phi) is 3.34. The highest BCUT2D eigenvalue weighted by atomic mass is 35.5. The zero-order valence-corrected chi connectivity index (χ0v) is 10.9. The van der Waals surface area contributed by atoms with E-state index in [0.717, 1.165) is 10.6 Å². The minimum Gasteiger partial charge on any atom is -0.496 e. The molecule has 0 fully saturated rings. The molecule has 0 saturated heterocycles. The van der Waals surface area contributed by atoms with Crippen LogP contribution in [0, 0.1) is 6.92 Å². The van der Waals surface area contributed by atoms with Gasteiger partial charge in [0.05, 0.1) is 12.0 Å². The lowest BCUT2D eigenvalue weighted by Gasteiger charge is -2.07. The van der Waals surface area contributed by atoms with Gasteiger partial charge in [0.15, 0.2) is 0 Å². The predicted octanol–water partition coefficient (Wildman–Crippen LogP) is 4.45. The molecule has 0 aliphatic carbocycles. The molecule has 1 unspecified atom stereocenters. The Labute approximate surface area is 102 Å². The van der Waals surface area contributed by atoms with Crippen LogP contribution in [0.25, 0.3) is 0 Å². The third kappa shape index (κ3) is 2.19. The Hall–Kier alpha value is -0.510. The highest BCUT2D eigenvalue weighted by molar-refractivity contribution is 7.13. The maximum Gasteiger partial charge on any atom is 0.134 e. The minimum absolute atomic E-state index is 0.0846. The zero-order valence-electron chi connectivity index (χ0n) is 8.49. The van der Waals surface area contributed by atoms with Gasteiger partial charge in [-0.2, -0.15) is 0 Å². The second-order valence-corrected chi connectivity index (χ2v) is 5.87. The van der Waals surface area contributed by atoms with Gasteiger partial charge < -0.3 is 4.74 Å². The van der Waals surface area contributed by atoms with Crippen LogP contribution in [-0.2, 0) is 0 Å². The van der Waals surface area contributed by atoms with E-state index in [1.807, 2.05) is 11.4 Å². The summed E-state index contributed by atoms with van der Waals surface area (Å²) in [7, 11) is 1.68. The number of aryl methyl sites for hydroxylation is 1. The summed E-state index contributed by atoms with van der Waals surface area (Å²) in [6, 6.07) is 6.13. The van der Waals surface area contributed by atoms with Gasteiger partial charge in [-0.3, -0.25) is 0 Å². The summed E-state index contributed by atoms with van der Waals surface area (Å²) in [6.07, 6.45) is 0. The minimum atomic E-state index is -0.0846. The molecule has 0 N–H and O–H groups in total. The largest absolute Gasteiger partial charge is 0.496 e. The molecular weight excluding hydrogens is 248 g/mol. The number of thiophene rings is 2. The van der Waals surface area contributed by atoms with Crippen molar-refractivity contribution in [2.45, 2.75) is 12.3 Å². The van der Waals surface area contributed by atoms with Crippen molar-refractivity contribution in [3.05, 3.63) is 38.2 Å². The van der Waals surface area contributed by atoms with Crippen molar-refractivity contribution in [3.63, 3.8) is 0 Å². The Balaban J connectivity index is 2.31. The van der Waals surface area contributed by atoms with Gasteiger partial charge in [0.2, 0.25) is 0 Å². The van der Waals surface area contributed by atoms with E-state index in [1.54, 1.807) is 29.8 Å². The maximum atomic E-state index is 6.41. The highest BCUT2D eigenvalue weighted by Crippen LogP contribution is 2.41. The molecule has 0 bridgehead atoms. The average Bonchev–Trinajstić information content (AvgIpc) is 2.84. The summed E-state index contributed by atoms with van der Waals surface area (Å²) in [6.45, 7) is 2.09. The van der Waals surface area contributed by atoms with Gasteiger partial charge in [-0.25, -0.2) is 0 Å². The molecule has 1 atom stereocenters. The van der Waals surface area contributed by atoms with E-state index < -0.39 is 0 Å². The van der Waals surface area contributed by atoms with Gasteiger partial charge >= 0.3 is 0 Å². The molecule has 2 heterocycles. The van der Waals surface area contributed by atoms with Crippen molar-refractivity contribution in [3.8, 4) is 5.75 Å². The number of alkyl halides is 1. The fourth-order valence-electron chi connectivity index (χ4n) is 1.38. The monoisotopic (exact) mass is 258 g/mol. The van der Waals surface area contributed by atoms with Gasteiger partial charge in [0.1, 0.15) is 11.1 Å². The van der Waals surface area contributed by atoms with Gasteiger partial charge in [0, 0.05) is 9.75 Å². The number of halogens is 1. The number of methoxy groups -OCH3 is 1. The Bertz CT molecular complexity index is 447. The molecule has 2 aromatic rings. The van der Waals surface area contributed by atoms with Gasteiger partial charge in [-0.15, -0.1) is 34.3 Å². The lowest BCUT2D eigenvalue weighted by Crippen LogP contribution is -1.90. The standard InChI is InChI=1S/C11H11ClOS2/c1-7-3-4-9(15-7)10(12)11-8(13-2)5-6-14-11/h3-6,10H,1-2H3. The first-order valence-corrected chi connectivity index (χ1v) is 6.67. The lowest BCUT2D eigenvalue weighted by atomic mass is 10.2. The van der Waals surface area contributed by atoms with Gasteiger partial charge in [0.25, 0.3) is 0 Å². The molecule has 15 heavy (non-hydrogen) atoms. The third-order valence-electron chi connectivity index (χ3n) is 2.12. The Morgan fingerprint density at radius 2 is 2.13 bits per heavy atom. The van der Waals surface area contributed by atoms with Crippen molar-refractivity contribution in [2.75, 3.05) is 7.11 Å². The van der Waals surface area contributed by atoms with E-state index in [-0.39, 0.29) is 5.38 Å². The Morgan fingerprint density at radius 1 is 1.33 bits per heavy atom. The van der Waals surface area contributed by atoms with Crippen LogP contribution < -0.4 is 4.74 Å². The van der Waals surface area contributed by atoms with Crippen LogP contribution in [0.2, 0.25) is 0 Å². The molecular formula is C11H11ClOS2. The number of hydrogen-bond acceptors (Lipinski definition) is 3. The summed E-state index contributed by atoms with van der Waals surface area (Å²) in [5.74, 6) is 0.881. The second-order valence-electron chi connectivity index (χ2n) is 3.16. The number of ether oxygens (including phenoxy) is 1. The summed E-state index contributed by atoms with van der Waals surface area (Å²) in [5.41, 5.74) is 0. The van der Waals surface area contributed by atoms with E-state index in [2.05, 4.69) is 19.1 Å². The van der Waals surface area contributed by atoms with Crippen LogP contribution >= 0.6 is 34.3 Å². The molecule has 0 saturated carbocycles. The molecule has 1 nitrogen and oxygen atoms in total. The SMILES string of the molecule is COc1ccsc1C(Cl)c1ccc(C)s1.